The molecule has 1 atom stereocenters. The Morgan fingerprint density at radius 3 is 2.37 bits per heavy atom. The van der Waals surface area contributed by atoms with E-state index in [0.29, 0.717) is 17.9 Å². The van der Waals surface area contributed by atoms with Gasteiger partial charge in [0, 0.05) is 6.08 Å². The summed E-state index contributed by atoms with van der Waals surface area (Å²) < 4.78 is 10.4. The van der Waals surface area contributed by atoms with Crippen LogP contribution in [0.4, 0.5) is 0 Å². The Hall–Kier alpha value is -3.54. The first kappa shape index (κ1) is 21.2. The van der Waals surface area contributed by atoms with Gasteiger partial charge in [-0.2, -0.15) is 0 Å². The molecule has 1 aromatic rings. The van der Waals surface area contributed by atoms with E-state index in [1.54, 1.807) is 43.3 Å². The molecule has 1 unspecified atom stereocenters. The average molecular weight is 406 g/mol. The predicted molar refractivity (Wildman–Crippen MR) is 109 cm³/mol. The van der Waals surface area contributed by atoms with E-state index in [1.807, 2.05) is 19.9 Å². The van der Waals surface area contributed by atoms with Crippen molar-refractivity contribution in [3.05, 3.63) is 82.4 Å². The van der Waals surface area contributed by atoms with Gasteiger partial charge in [0.1, 0.15) is 0 Å². The molecule has 0 amide bonds. The maximum absolute atomic E-state index is 12.8. The van der Waals surface area contributed by atoms with E-state index in [1.165, 1.54) is 0 Å². The minimum absolute atomic E-state index is 0.00341. The van der Waals surface area contributed by atoms with Crippen LogP contribution >= 0.6 is 0 Å². The molecule has 0 saturated carbocycles. The van der Waals surface area contributed by atoms with Crippen molar-refractivity contribution in [1.82, 2.24) is 0 Å². The van der Waals surface area contributed by atoms with Crippen LogP contribution in [-0.2, 0) is 23.9 Å². The van der Waals surface area contributed by atoms with Crippen LogP contribution in [0.3, 0.4) is 0 Å². The quantitative estimate of drug-likeness (QED) is 0.544. The number of hydrogen-bond donors (Lipinski definition) is 0. The second-order valence-electron chi connectivity index (χ2n) is 7.24. The Bertz CT molecular complexity index is 1030. The zero-order chi connectivity index (χ0) is 21.8. The summed E-state index contributed by atoms with van der Waals surface area (Å²) in [4.78, 5) is 50.1. The topological polar surface area (TPSA) is 86.7 Å². The molecular formula is C24H22O6. The highest BCUT2D eigenvalue weighted by Gasteiger charge is 2.33. The zero-order valence-corrected chi connectivity index (χ0v) is 17.1. The van der Waals surface area contributed by atoms with Gasteiger partial charge in [-0.3, -0.25) is 9.59 Å². The second kappa shape index (κ2) is 8.86. The van der Waals surface area contributed by atoms with Crippen LogP contribution in [0.5, 0.6) is 0 Å². The third kappa shape index (κ3) is 4.54. The number of aryl methyl sites for hydroxylation is 1. The van der Waals surface area contributed by atoms with Crippen LogP contribution in [0.25, 0.3) is 0 Å². The van der Waals surface area contributed by atoms with Gasteiger partial charge in [-0.05, 0) is 37.8 Å². The highest BCUT2D eigenvalue weighted by atomic mass is 16.5. The lowest BCUT2D eigenvalue weighted by atomic mass is 9.97. The highest BCUT2D eigenvalue weighted by molar-refractivity contribution is 6.22. The van der Waals surface area contributed by atoms with E-state index in [9.17, 15) is 19.2 Å². The molecule has 6 heteroatoms. The lowest BCUT2D eigenvalue weighted by Crippen LogP contribution is -2.25. The molecule has 0 N–H and O–H groups in total. The number of esters is 2. The minimum atomic E-state index is -0.745. The van der Waals surface area contributed by atoms with Gasteiger partial charge in [0.25, 0.3) is 0 Å². The Kier molecular flexibility index (Phi) is 6.26. The molecule has 0 heterocycles. The maximum Gasteiger partial charge on any atom is 0.343 e. The molecule has 2 aliphatic carbocycles. The average Bonchev–Trinajstić information content (AvgIpc) is 2.72. The Morgan fingerprint density at radius 2 is 1.77 bits per heavy atom. The van der Waals surface area contributed by atoms with E-state index in [4.69, 9.17) is 9.47 Å². The summed E-state index contributed by atoms with van der Waals surface area (Å²) in [6, 6.07) is 6.62. The number of allylic oxidation sites excluding steroid dienone is 4. The molecule has 0 saturated heterocycles. The number of carbonyl (C=O) groups excluding carboxylic acids is 4. The van der Waals surface area contributed by atoms with Crippen molar-refractivity contribution in [2.45, 2.75) is 33.6 Å². The van der Waals surface area contributed by atoms with Gasteiger partial charge < -0.3 is 9.47 Å². The molecule has 3 rings (SSSR count). The first-order chi connectivity index (χ1) is 14.3. The summed E-state index contributed by atoms with van der Waals surface area (Å²) in [7, 11) is 0. The van der Waals surface area contributed by atoms with Gasteiger partial charge in [0.05, 0.1) is 16.7 Å². The van der Waals surface area contributed by atoms with Gasteiger partial charge in [-0.1, -0.05) is 49.8 Å². The van der Waals surface area contributed by atoms with Gasteiger partial charge in [-0.25, -0.2) is 9.59 Å². The number of ketones is 2. The van der Waals surface area contributed by atoms with Crippen LogP contribution in [0.15, 0.2) is 71.2 Å². The van der Waals surface area contributed by atoms with Crippen molar-refractivity contribution in [3.8, 4) is 0 Å². The third-order valence-corrected chi connectivity index (χ3v) is 4.85. The summed E-state index contributed by atoms with van der Waals surface area (Å²) in [5.74, 6) is -3.18. The molecule has 0 fully saturated rings. The van der Waals surface area contributed by atoms with Gasteiger partial charge in [-0.15, -0.1) is 0 Å². The second-order valence-corrected chi connectivity index (χ2v) is 7.24. The molecular weight excluding hydrogens is 384 g/mol. The Morgan fingerprint density at radius 1 is 1.07 bits per heavy atom. The van der Waals surface area contributed by atoms with Crippen LogP contribution in [-0.4, -0.2) is 23.5 Å². The number of carbonyl (C=O) groups is 4. The van der Waals surface area contributed by atoms with Crippen molar-refractivity contribution >= 4 is 23.5 Å². The van der Waals surface area contributed by atoms with Crippen LogP contribution < -0.4 is 0 Å². The molecule has 0 aromatic heterocycles. The molecule has 154 valence electrons. The van der Waals surface area contributed by atoms with Crippen molar-refractivity contribution < 1.29 is 28.7 Å². The summed E-state index contributed by atoms with van der Waals surface area (Å²) in [6.07, 6.45) is 6.97. The van der Waals surface area contributed by atoms with Crippen LogP contribution in [0, 0.1) is 12.8 Å². The predicted octanol–water partition coefficient (Wildman–Crippen LogP) is 3.92. The van der Waals surface area contributed by atoms with Crippen molar-refractivity contribution in [2.75, 3.05) is 0 Å². The van der Waals surface area contributed by atoms with E-state index >= 15 is 0 Å². The smallest absolute Gasteiger partial charge is 0.343 e. The molecule has 0 bridgehead atoms. The standard InChI is InChI=1S/C24H22O6/c1-4-18-21(26)20(29-23(27)16-9-5-14(2)6-10-16)13-19(25)22(18)30-24(28)17-11-7-15(3)8-12-17/h5-7,9-13,15H,4,8H2,1-3H3. The number of ether oxygens (including phenoxy) is 2. The fraction of sp³-hybridized carbons (Fsp3) is 0.250. The molecule has 2 aliphatic rings. The normalized spacial score (nSPS) is 18.7. The summed E-state index contributed by atoms with van der Waals surface area (Å²) >= 11 is 0. The van der Waals surface area contributed by atoms with Crippen molar-refractivity contribution in [1.29, 1.82) is 0 Å². The number of benzene rings is 1. The summed E-state index contributed by atoms with van der Waals surface area (Å²) in [6.45, 7) is 5.54. The molecule has 0 aliphatic heterocycles. The monoisotopic (exact) mass is 406 g/mol. The highest BCUT2D eigenvalue weighted by Crippen LogP contribution is 2.26. The van der Waals surface area contributed by atoms with Gasteiger partial charge >= 0.3 is 11.9 Å². The molecule has 6 nitrogen and oxygen atoms in total. The van der Waals surface area contributed by atoms with Crippen molar-refractivity contribution in [2.24, 2.45) is 5.92 Å². The van der Waals surface area contributed by atoms with Gasteiger partial charge in [0.15, 0.2) is 11.5 Å². The largest absolute Gasteiger partial charge is 0.419 e. The number of Topliss-reactive ketones (excluding diaryl/α,β-unsaturated/α-hetero) is 1. The first-order valence-corrected chi connectivity index (χ1v) is 9.73. The first-order valence-electron chi connectivity index (χ1n) is 9.73. The van der Waals surface area contributed by atoms with E-state index in [-0.39, 0.29) is 29.1 Å². The molecule has 30 heavy (non-hydrogen) atoms. The number of hydrogen-bond acceptors (Lipinski definition) is 6. The fourth-order valence-electron chi connectivity index (χ4n) is 3.04. The molecule has 1 aromatic carbocycles. The van der Waals surface area contributed by atoms with Crippen LogP contribution in [0.1, 0.15) is 42.6 Å². The lowest BCUT2D eigenvalue weighted by molar-refractivity contribution is -0.138. The van der Waals surface area contributed by atoms with Crippen LogP contribution in [0.2, 0.25) is 0 Å². The summed E-state index contributed by atoms with van der Waals surface area (Å²) in [5.41, 5.74) is 1.55. The van der Waals surface area contributed by atoms with E-state index in [0.717, 1.165) is 11.6 Å². The van der Waals surface area contributed by atoms with Gasteiger partial charge in [0.2, 0.25) is 11.6 Å². The maximum atomic E-state index is 12.8. The molecule has 0 spiro atoms. The van der Waals surface area contributed by atoms with Crippen molar-refractivity contribution in [3.63, 3.8) is 0 Å². The SMILES string of the molecule is CCC1=C(OC(=O)C2=CCC(C)C=C2)C(=O)C=C(OC(=O)c2ccc(C)cc2)C1=O. The minimum Gasteiger partial charge on any atom is -0.419 e. The fourth-order valence-corrected chi connectivity index (χ4v) is 3.04. The van der Waals surface area contributed by atoms with E-state index < -0.39 is 23.5 Å². The number of rotatable bonds is 5. The molecule has 0 radical (unpaired) electrons. The summed E-state index contributed by atoms with van der Waals surface area (Å²) in [5, 5.41) is 0. The Balaban J connectivity index is 1.78. The van der Waals surface area contributed by atoms with E-state index in [2.05, 4.69) is 0 Å². The zero-order valence-electron chi connectivity index (χ0n) is 17.1. The third-order valence-electron chi connectivity index (χ3n) is 4.85. The lowest BCUT2D eigenvalue weighted by Gasteiger charge is -2.18. The Labute approximate surface area is 174 Å².